The van der Waals surface area contributed by atoms with Gasteiger partial charge >= 0.3 is 8.80 Å². The zero-order chi connectivity index (χ0) is 14.9. The third-order valence-electron chi connectivity index (χ3n) is 4.17. The second-order valence-corrected chi connectivity index (χ2v) is 8.67. The van der Waals surface area contributed by atoms with Crippen molar-refractivity contribution >= 4 is 8.80 Å². The van der Waals surface area contributed by atoms with E-state index in [0.29, 0.717) is 19.8 Å². The van der Waals surface area contributed by atoms with Crippen LogP contribution in [0.3, 0.4) is 0 Å². The summed E-state index contributed by atoms with van der Waals surface area (Å²) in [6.45, 7) is 12.0. The van der Waals surface area contributed by atoms with E-state index < -0.39 is 8.80 Å². The molecule has 0 aromatic carbocycles. The Morgan fingerprint density at radius 1 is 0.857 bits per heavy atom. The summed E-state index contributed by atoms with van der Waals surface area (Å²) < 4.78 is 19.0. The van der Waals surface area contributed by atoms with Gasteiger partial charge in [-0.25, -0.2) is 0 Å². The summed E-state index contributed by atoms with van der Waals surface area (Å²) in [7, 11) is -0.0297. The van der Waals surface area contributed by atoms with Crippen molar-refractivity contribution in [3.05, 3.63) is 0 Å². The first-order chi connectivity index (χ1) is 9.60. The molecule has 0 N–H and O–H groups in total. The molecule has 0 radical (unpaired) electrons. The van der Waals surface area contributed by atoms with Crippen LogP contribution in [-0.2, 0) is 13.3 Å². The minimum absolute atomic E-state index is 0. The van der Waals surface area contributed by atoms with Gasteiger partial charge in [0.05, 0.1) is 26.7 Å². The molecule has 1 aliphatic rings. The first-order valence-electron chi connectivity index (χ1n) is 8.35. The predicted molar refractivity (Wildman–Crippen MR) is 84.7 cm³/mol. The molecule has 0 bridgehead atoms. The zero-order valence-electron chi connectivity index (χ0n) is 14.3. The Kier molecular flexibility index (Phi) is 11.8. The molecule has 1 heterocycles. The minimum atomic E-state index is -2.42. The lowest BCUT2D eigenvalue weighted by Crippen LogP contribution is -3.00. The molecular formula is C15H34INO3Si. The normalized spacial score (nSPS) is 18.3. The molecular weight excluding hydrogens is 397 g/mol. The third kappa shape index (κ3) is 7.74. The van der Waals surface area contributed by atoms with Gasteiger partial charge < -0.3 is 41.7 Å². The topological polar surface area (TPSA) is 27.7 Å². The quantitative estimate of drug-likeness (QED) is 0.278. The molecule has 0 unspecified atom stereocenters. The maximum atomic E-state index is 5.92. The van der Waals surface area contributed by atoms with Crippen molar-refractivity contribution in [1.82, 2.24) is 0 Å². The highest BCUT2D eigenvalue weighted by Crippen LogP contribution is 2.22. The van der Waals surface area contributed by atoms with Crippen LogP contribution in [0.25, 0.3) is 0 Å². The Labute approximate surface area is 149 Å². The van der Waals surface area contributed by atoms with Crippen molar-refractivity contribution < 1.29 is 41.7 Å². The fourth-order valence-corrected chi connectivity index (χ4v) is 5.77. The molecule has 0 saturated carbocycles. The van der Waals surface area contributed by atoms with E-state index in [4.69, 9.17) is 13.3 Å². The highest BCUT2D eigenvalue weighted by molar-refractivity contribution is 6.60. The number of halogens is 1. The molecule has 1 saturated heterocycles. The summed E-state index contributed by atoms with van der Waals surface area (Å²) in [6, 6.07) is 0.955. The van der Waals surface area contributed by atoms with Crippen LogP contribution in [0.4, 0.5) is 0 Å². The second-order valence-electron chi connectivity index (χ2n) is 5.94. The Balaban J connectivity index is 0.00000400. The summed E-state index contributed by atoms with van der Waals surface area (Å²) in [4.78, 5) is 0. The molecule has 0 aromatic heterocycles. The van der Waals surface area contributed by atoms with Gasteiger partial charge in [-0.1, -0.05) is 0 Å². The molecule has 0 aliphatic carbocycles. The number of quaternary nitrogens is 1. The maximum absolute atomic E-state index is 5.92. The van der Waals surface area contributed by atoms with Gasteiger partial charge in [-0.15, -0.1) is 0 Å². The van der Waals surface area contributed by atoms with E-state index in [0.717, 1.165) is 12.5 Å². The molecule has 128 valence electrons. The molecule has 6 heteroatoms. The van der Waals surface area contributed by atoms with Crippen LogP contribution < -0.4 is 24.0 Å². The van der Waals surface area contributed by atoms with Crippen molar-refractivity contribution in [2.45, 2.75) is 52.5 Å². The molecule has 0 amide bonds. The van der Waals surface area contributed by atoms with E-state index in [1.165, 1.54) is 43.4 Å². The number of hydrogen-bond acceptors (Lipinski definition) is 3. The fourth-order valence-electron chi connectivity index (χ4n) is 3.18. The van der Waals surface area contributed by atoms with E-state index in [-0.39, 0.29) is 24.0 Å². The van der Waals surface area contributed by atoms with Crippen molar-refractivity contribution in [3.63, 3.8) is 0 Å². The van der Waals surface area contributed by atoms with Crippen molar-refractivity contribution in [3.8, 4) is 0 Å². The first kappa shape index (κ1) is 21.8. The van der Waals surface area contributed by atoms with Gasteiger partial charge in [-0.05, 0) is 40.0 Å². The largest absolute Gasteiger partial charge is 1.00 e. The van der Waals surface area contributed by atoms with Crippen LogP contribution in [0.15, 0.2) is 0 Å². The van der Waals surface area contributed by atoms with Crippen molar-refractivity contribution in [1.29, 1.82) is 0 Å². The van der Waals surface area contributed by atoms with Gasteiger partial charge in [0.1, 0.15) is 0 Å². The van der Waals surface area contributed by atoms with Gasteiger partial charge in [-0.3, -0.25) is 0 Å². The summed E-state index contributed by atoms with van der Waals surface area (Å²) in [6.07, 6.45) is 5.30. The smallest absolute Gasteiger partial charge is 0.501 e. The third-order valence-corrected chi connectivity index (χ3v) is 7.32. The molecule has 1 rings (SSSR count). The maximum Gasteiger partial charge on any atom is 0.501 e. The first-order valence-corrected chi connectivity index (χ1v) is 10.3. The molecule has 0 atom stereocenters. The molecule has 1 aliphatic heterocycles. The predicted octanol–water partition coefficient (Wildman–Crippen LogP) is 0.0594. The molecule has 0 aromatic rings. The Hall–Kier alpha value is 0.787. The number of nitrogens with zero attached hydrogens (tertiary/aromatic N) is 1. The van der Waals surface area contributed by atoms with E-state index >= 15 is 0 Å². The molecule has 0 spiro atoms. The van der Waals surface area contributed by atoms with Crippen LogP contribution >= 0.6 is 0 Å². The van der Waals surface area contributed by atoms with Gasteiger partial charge in [0.2, 0.25) is 0 Å². The van der Waals surface area contributed by atoms with E-state index in [1.54, 1.807) is 0 Å². The minimum Gasteiger partial charge on any atom is -1.00 e. The number of hydrogen-bond donors (Lipinski definition) is 0. The van der Waals surface area contributed by atoms with E-state index in [1.807, 2.05) is 20.8 Å². The molecule has 1 fully saturated rings. The lowest BCUT2D eigenvalue weighted by Gasteiger charge is -2.38. The highest BCUT2D eigenvalue weighted by Gasteiger charge is 2.40. The Morgan fingerprint density at radius 2 is 1.33 bits per heavy atom. The van der Waals surface area contributed by atoms with Gasteiger partial charge in [0.15, 0.2) is 0 Å². The lowest BCUT2D eigenvalue weighted by atomic mass is 10.1. The number of piperidine rings is 1. The monoisotopic (exact) mass is 431 g/mol. The molecule has 4 nitrogen and oxygen atoms in total. The van der Waals surface area contributed by atoms with Gasteiger partial charge in [0, 0.05) is 32.3 Å². The summed E-state index contributed by atoms with van der Waals surface area (Å²) in [5.74, 6) is 0. The SMILES string of the molecule is CCO[Si](CCC[N+]1(C)CCCCC1)(OCC)OCC.[I-]. The summed E-state index contributed by atoms with van der Waals surface area (Å²) in [5, 5.41) is 0. The number of rotatable bonds is 10. The van der Waals surface area contributed by atoms with Crippen molar-refractivity contribution in [2.75, 3.05) is 46.5 Å². The molecule has 21 heavy (non-hydrogen) atoms. The average molecular weight is 431 g/mol. The highest BCUT2D eigenvalue weighted by atomic mass is 127. The van der Waals surface area contributed by atoms with Crippen LogP contribution in [0.2, 0.25) is 6.04 Å². The Morgan fingerprint density at radius 3 is 1.76 bits per heavy atom. The summed E-state index contributed by atoms with van der Waals surface area (Å²) in [5.41, 5.74) is 0. The van der Waals surface area contributed by atoms with Crippen LogP contribution in [0, 0.1) is 0 Å². The second kappa shape index (κ2) is 11.3. The van der Waals surface area contributed by atoms with Crippen LogP contribution in [0.5, 0.6) is 0 Å². The van der Waals surface area contributed by atoms with E-state index in [9.17, 15) is 0 Å². The van der Waals surface area contributed by atoms with Crippen LogP contribution in [0.1, 0.15) is 46.5 Å². The average Bonchev–Trinajstić information content (AvgIpc) is 2.40. The Bertz CT molecular complexity index is 246. The number of likely N-dealkylation sites (tertiary alicyclic amines) is 1. The zero-order valence-corrected chi connectivity index (χ0v) is 17.5. The van der Waals surface area contributed by atoms with Crippen LogP contribution in [-0.4, -0.2) is 59.8 Å². The summed E-state index contributed by atoms with van der Waals surface area (Å²) >= 11 is 0. The van der Waals surface area contributed by atoms with Gasteiger partial charge in [0.25, 0.3) is 0 Å². The standard InChI is InChI=1S/C15H34NO3Si.HI/c1-5-17-20(18-6-2,19-7-3)15-11-14-16(4)12-9-8-10-13-16;/h5-15H2,1-4H3;1H/q+1;/p-1. The van der Waals surface area contributed by atoms with E-state index in [2.05, 4.69) is 7.05 Å². The fraction of sp³-hybridized carbons (Fsp3) is 1.00. The van der Waals surface area contributed by atoms with Crippen molar-refractivity contribution in [2.24, 2.45) is 0 Å². The lowest BCUT2D eigenvalue weighted by molar-refractivity contribution is -0.914. The van der Waals surface area contributed by atoms with Gasteiger partial charge in [-0.2, -0.15) is 0 Å².